The maximum atomic E-state index is 12.4. The highest BCUT2D eigenvalue weighted by molar-refractivity contribution is 7.11. The van der Waals surface area contributed by atoms with Crippen molar-refractivity contribution in [3.8, 4) is 5.88 Å². The molecule has 184 valence electrons. The normalized spacial score (nSPS) is 14.3. The average Bonchev–Trinajstić information content (AvgIpc) is 3.25. The maximum absolute atomic E-state index is 12.4. The van der Waals surface area contributed by atoms with Crippen molar-refractivity contribution in [2.24, 2.45) is 5.92 Å². The second-order valence-corrected chi connectivity index (χ2v) is 8.94. The molecule has 2 heterocycles. The molecule has 0 atom stereocenters. The lowest BCUT2D eigenvalue weighted by atomic mass is 9.94. The van der Waals surface area contributed by atoms with Gasteiger partial charge in [-0.3, -0.25) is 10.1 Å². The number of carbonyl (C=O) groups is 3. The fourth-order valence-electron chi connectivity index (χ4n) is 3.73. The van der Waals surface area contributed by atoms with Gasteiger partial charge in [0.05, 0.1) is 7.11 Å². The molecule has 1 aliphatic heterocycles. The van der Waals surface area contributed by atoms with Crippen molar-refractivity contribution in [3.05, 3.63) is 41.0 Å². The number of esters is 1. The maximum Gasteiger partial charge on any atom is 0.346 e. The van der Waals surface area contributed by atoms with E-state index in [4.69, 9.17) is 9.47 Å². The van der Waals surface area contributed by atoms with Crippen LogP contribution in [0.3, 0.4) is 0 Å². The second-order valence-electron chi connectivity index (χ2n) is 8.17. The average molecular weight is 490 g/mol. The molecule has 1 fully saturated rings. The van der Waals surface area contributed by atoms with Gasteiger partial charge in [0.15, 0.2) is 5.56 Å². The van der Waals surface area contributed by atoms with Gasteiger partial charge in [0.1, 0.15) is 11.6 Å². The Morgan fingerprint density at radius 1 is 1.24 bits per heavy atom. The van der Waals surface area contributed by atoms with Gasteiger partial charge in [-0.1, -0.05) is 12.1 Å². The molecule has 1 saturated heterocycles. The Bertz CT molecular complexity index is 1000. The highest BCUT2D eigenvalue weighted by Gasteiger charge is 2.25. The Morgan fingerprint density at radius 2 is 2.00 bits per heavy atom. The van der Waals surface area contributed by atoms with E-state index >= 15 is 0 Å². The Balaban J connectivity index is 1.58. The van der Waals surface area contributed by atoms with Crippen LogP contribution in [0.15, 0.2) is 24.3 Å². The van der Waals surface area contributed by atoms with Gasteiger partial charge in [-0.25, -0.2) is 9.59 Å². The van der Waals surface area contributed by atoms with Crippen molar-refractivity contribution in [1.82, 2.24) is 19.9 Å². The van der Waals surface area contributed by atoms with E-state index < -0.39 is 12.0 Å². The van der Waals surface area contributed by atoms with Crippen molar-refractivity contribution in [1.29, 1.82) is 0 Å². The third kappa shape index (κ3) is 6.91. The Morgan fingerprint density at radius 3 is 2.71 bits per heavy atom. The van der Waals surface area contributed by atoms with Crippen LogP contribution in [0.25, 0.3) is 0 Å². The van der Waals surface area contributed by atoms with E-state index in [0.29, 0.717) is 18.0 Å². The summed E-state index contributed by atoms with van der Waals surface area (Å²) >= 11 is 0.939. The highest BCUT2D eigenvalue weighted by Crippen LogP contribution is 2.32. The second kappa shape index (κ2) is 12.3. The summed E-state index contributed by atoms with van der Waals surface area (Å²) in [6.45, 7) is 2.80. The minimum atomic E-state index is -0.663. The molecular formula is C23H31N5O5S. The molecule has 34 heavy (non-hydrogen) atoms. The minimum Gasteiger partial charge on any atom is -0.472 e. The fraction of sp³-hybridized carbons (Fsp3) is 0.478. The zero-order chi connectivity index (χ0) is 24.5. The SMILES string of the molecule is CNC(=O)c1cccc(COc2nsc(NC(=O)NCCC3CCN(C)CC3)c2C(=O)OC)c1. The van der Waals surface area contributed by atoms with Gasteiger partial charge in [0, 0.05) is 19.2 Å². The number of anilines is 1. The number of nitrogens with one attached hydrogen (secondary N) is 3. The smallest absolute Gasteiger partial charge is 0.346 e. The Labute approximate surface area is 203 Å². The first-order chi connectivity index (χ1) is 16.4. The molecule has 0 spiro atoms. The predicted molar refractivity (Wildman–Crippen MR) is 129 cm³/mol. The number of ether oxygens (including phenoxy) is 2. The molecule has 0 aliphatic carbocycles. The summed E-state index contributed by atoms with van der Waals surface area (Å²) in [5.41, 5.74) is 1.28. The molecule has 3 amide bonds. The molecule has 1 aromatic heterocycles. The van der Waals surface area contributed by atoms with Crippen LogP contribution < -0.4 is 20.7 Å². The van der Waals surface area contributed by atoms with E-state index in [9.17, 15) is 14.4 Å². The zero-order valence-corrected chi connectivity index (χ0v) is 20.5. The van der Waals surface area contributed by atoms with Crippen LogP contribution in [0.2, 0.25) is 0 Å². The number of carbonyl (C=O) groups excluding carboxylic acids is 3. The summed E-state index contributed by atoms with van der Waals surface area (Å²) in [6.07, 6.45) is 3.18. The van der Waals surface area contributed by atoms with E-state index in [0.717, 1.165) is 49.4 Å². The standard InChI is InChI=1S/C23H31N5O5S/c1-24-19(29)17-6-4-5-16(13-17)14-33-20-18(22(30)32-3)21(34-27-20)26-23(31)25-10-7-15-8-11-28(2)12-9-15/h4-6,13,15H,7-12,14H2,1-3H3,(H,24,29)(H2,25,26,31). The van der Waals surface area contributed by atoms with Crippen LogP contribution in [0, 0.1) is 5.92 Å². The summed E-state index contributed by atoms with van der Waals surface area (Å²) in [6, 6.07) is 6.52. The topological polar surface area (TPSA) is 122 Å². The molecule has 11 heteroatoms. The molecule has 2 aromatic rings. The van der Waals surface area contributed by atoms with Crippen molar-refractivity contribution >= 4 is 34.4 Å². The number of aromatic nitrogens is 1. The Kier molecular flexibility index (Phi) is 9.23. The molecule has 3 N–H and O–H groups in total. The quantitative estimate of drug-likeness (QED) is 0.463. The van der Waals surface area contributed by atoms with Crippen LogP contribution in [-0.2, 0) is 11.3 Å². The van der Waals surface area contributed by atoms with Gasteiger partial charge in [-0.05, 0) is 74.5 Å². The van der Waals surface area contributed by atoms with Crippen LogP contribution in [0.5, 0.6) is 5.88 Å². The molecule has 1 aromatic carbocycles. The van der Waals surface area contributed by atoms with Gasteiger partial charge in [-0.15, -0.1) is 0 Å². The largest absolute Gasteiger partial charge is 0.472 e. The molecule has 0 unspecified atom stereocenters. The van der Waals surface area contributed by atoms with E-state index in [1.54, 1.807) is 31.3 Å². The lowest BCUT2D eigenvalue weighted by Gasteiger charge is -2.28. The van der Waals surface area contributed by atoms with E-state index in [-0.39, 0.29) is 29.0 Å². The number of urea groups is 1. The lowest BCUT2D eigenvalue weighted by Crippen LogP contribution is -2.34. The summed E-state index contributed by atoms with van der Waals surface area (Å²) in [4.78, 5) is 38.9. The summed E-state index contributed by atoms with van der Waals surface area (Å²) in [5.74, 6) is -0.208. The summed E-state index contributed by atoms with van der Waals surface area (Å²) in [5, 5.41) is 8.35. The van der Waals surface area contributed by atoms with Crippen molar-refractivity contribution in [2.45, 2.75) is 25.9 Å². The first-order valence-corrected chi connectivity index (χ1v) is 11.9. The molecule has 10 nitrogen and oxygen atoms in total. The van der Waals surface area contributed by atoms with Crippen molar-refractivity contribution in [3.63, 3.8) is 0 Å². The molecule has 0 bridgehead atoms. The predicted octanol–water partition coefficient (Wildman–Crippen LogP) is 2.72. The van der Waals surface area contributed by atoms with Gasteiger partial charge in [0.25, 0.3) is 5.91 Å². The third-order valence-electron chi connectivity index (χ3n) is 5.75. The van der Waals surface area contributed by atoms with Crippen LogP contribution in [0.4, 0.5) is 9.80 Å². The zero-order valence-electron chi connectivity index (χ0n) is 19.7. The monoisotopic (exact) mass is 489 g/mol. The molecule has 1 aliphatic rings. The summed E-state index contributed by atoms with van der Waals surface area (Å²) < 4.78 is 14.8. The Hall–Kier alpha value is -3.18. The van der Waals surface area contributed by atoms with Crippen LogP contribution in [0.1, 0.15) is 45.5 Å². The molecule has 0 saturated carbocycles. The number of hydrogen-bond donors (Lipinski definition) is 3. The minimum absolute atomic E-state index is 0.0559. The molecular weight excluding hydrogens is 458 g/mol. The number of benzene rings is 1. The third-order valence-corrected chi connectivity index (χ3v) is 6.49. The first kappa shape index (κ1) is 25.4. The van der Waals surface area contributed by atoms with E-state index in [1.807, 2.05) is 0 Å². The number of rotatable bonds is 9. The number of likely N-dealkylation sites (tertiary alicyclic amines) is 1. The molecule has 3 rings (SSSR count). The lowest BCUT2D eigenvalue weighted by molar-refractivity contribution is 0.0596. The number of piperidine rings is 1. The van der Waals surface area contributed by atoms with Gasteiger partial charge in [0.2, 0.25) is 5.88 Å². The van der Waals surface area contributed by atoms with E-state index in [2.05, 4.69) is 32.3 Å². The van der Waals surface area contributed by atoms with Gasteiger partial charge in [-0.2, -0.15) is 4.37 Å². The number of methoxy groups -OCH3 is 1. The van der Waals surface area contributed by atoms with Crippen molar-refractivity contribution < 1.29 is 23.9 Å². The number of nitrogens with zero attached hydrogens (tertiary/aromatic N) is 2. The summed E-state index contributed by atoms with van der Waals surface area (Å²) in [7, 11) is 4.93. The van der Waals surface area contributed by atoms with E-state index in [1.165, 1.54) is 7.11 Å². The van der Waals surface area contributed by atoms with Crippen LogP contribution in [-0.4, -0.2) is 68.0 Å². The highest BCUT2D eigenvalue weighted by atomic mass is 32.1. The van der Waals surface area contributed by atoms with Crippen molar-refractivity contribution in [2.75, 3.05) is 46.2 Å². The number of hydrogen-bond acceptors (Lipinski definition) is 8. The fourth-order valence-corrected chi connectivity index (χ4v) is 4.45. The molecule has 0 radical (unpaired) electrons. The van der Waals surface area contributed by atoms with Gasteiger partial charge >= 0.3 is 12.0 Å². The number of amides is 3. The van der Waals surface area contributed by atoms with Gasteiger partial charge < -0.3 is 25.0 Å². The first-order valence-electron chi connectivity index (χ1n) is 11.2. The van der Waals surface area contributed by atoms with Crippen LogP contribution >= 0.6 is 11.5 Å².